The van der Waals surface area contributed by atoms with Crippen LogP contribution in [-0.2, 0) is 24.3 Å². The van der Waals surface area contributed by atoms with Crippen LogP contribution in [0, 0.1) is 0 Å². The van der Waals surface area contributed by atoms with E-state index in [1.54, 1.807) is 6.92 Å². The molecule has 10 heteroatoms. The van der Waals surface area contributed by atoms with Crippen LogP contribution in [0.15, 0.2) is 47.4 Å². The molecule has 0 aliphatic heterocycles. The summed E-state index contributed by atoms with van der Waals surface area (Å²) in [6.07, 6.45) is 0. The molecule has 0 atom stereocenters. The summed E-state index contributed by atoms with van der Waals surface area (Å²) in [7, 11) is -0.124. The third-order valence-corrected chi connectivity index (χ3v) is 5.87. The Labute approximate surface area is 175 Å². The van der Waals surface area contributed by atoms with Crippen molar-refractivity contribution in [1.82, 2.24) is 0 Å². The fraction of sp³-hybridized carbons (Fsp3) is 0.300. The zero-order chi connectivity index (χ0) is 22.3. The summed E-state index contributed by atoms with van der Waals surface area (Å²) in [6.45, 7) is 1.17. The standard InChI is InChI=1S/C20H23NO8S/c1-5-29-19(22)13-21(15-8-6-14(7-9-15)20(23)28-4)30(24,25)16-10-11-17(26-2)18(12-16)27-3/h6-12H,5,13H2,1-4H3. The second-order valence-electron chi connectivity index (χ2n) is 5.87. The maximum atomic E-state index is 13.3. The normalized spacial score (nSPS) is 10.8. The third kappa shape index (κ3) is 5.01. The maximum Gasteiger partial charge on any atom is 0.337 e. The van der Waals surface area contributed by atoms with E-state index >= 15 is 0 Å². The molecule has 30 heavy (non-hydrogen) atoms. The Kier molecular flexibility index (Phi) is 7.65. The van der Waals surface area contributed by atoms with Crippen LogP contribution in [0.25, 0.3) is 0 Å². The molecule has 2 rings (SSSR count). The number of anilines is 1. The summed E-state index contributed by atoms with van der Waals surface area (Å²) >= 11 is 0. The molecule has 9 nitrogen and oxygen atoms in total. The Morgan fingerprint density at radius 1 is 0.933 bits per heavy atom. The van der Waals surface area contributed by atoms with Gasteiger partial charge in [0.2, 0.25) is 0 Å². The van der Waals surface area contributed by atoms with E-state index < -0.39 is 28.5 Å². The van der Waals surface area contributed by atoms with Gasteiger partial charge in [0, 0.05) is 6.07 Å². The number of hydrogen-bond donors (Lipinski definition) is 0. The number of carbonyl (C=O) groups excluding carboxylic acids is 2. The number of methoxy groups -OCH3 is 3. The molecule has 0 spiro atoms. The van der Waals surface area contributed by atoms with Gasteiger partial charge < -0.3 is 18.9 Å². The molecule has 0 heterocycles. The van der Waals surface area contributed by atoms with E-state index in [-0.39, 0.29) is 28.5 Å². The number of carbonyl (C=O) groups is 2. The fourth-order valence-corrected chi connectivity index (χ4v) is 4.05. The molecule has 0 amide bonds. The molecule has 0 unspecified atom stereocenters. The van der Waals surface area contributed by atoms with Crippen LogP contribution < -0.4 is 13.8 Å². The highest BCUT2D eigenvalue weighted by atomic mass is 32.2. The lowest BCUT2D eigenvalue weighted by molar-refractivity contribution is -0.141. The third-order valence-electron chi connectivity index (χ3n) is 4.10. The molecule has 0 bridgehead atoms. The number of benzene rings is 2. The van der Waals surface area contributed by atoms with Crippen molar-refractivity contribution in [2.45, 2.75) is 11.8 Å². The van der Waals surface area contributed by atoms with Crippen LogP contribution >= 0.6 is 0 Å². The second kappa shape index (κ2) is 9.97. The molecule has 0 N–H and O–H groups in total. The molecule has 0 fully saturated rings. The van der Waals surface area contributed by atoms with E-state index in [1.807, 2.05) is 0 Å². The van der Waals surface area contributed by atoms with Gasteiger partial charge in [0.1, 0.15) is 6.54 Å². The van der Waals surface area contributed by atoms with Gasteiger partial charge in [-0.3, -0.25) is 9.10 Å². The average molecular weight is 437 g/mol. The highest BCUT2D eigenvalue weighted by Crippen LogP contribution is 2.32. The molecule has 0 aromatic heterocycles. The van der Waals surface area contributed by atoms with Crippen molar-refractivity contribution in [3.8, 4) is 11.5 Å². The molecule has 0 saturated carbocycles. The number of hydrogen-bond acceptors (Lipinski definition) is 8. The zero-order valence-electron chi connectivity index (χ0n) is 17.1. The average Bonchev–Trinajstić information content (AvgIpc) is 2.76. The molecule has 2 aromatic carbocycles. The molecule has 0 saturated heterocycles. The van der Waals surface area contributed by atoms with Crippen molar-refractivity contribution in [2.24, 2.45) is 0 Å². The topological polar surface area (TPSA) is 108 Å². The van der Waals surface area contributed by atoms with Gasteiger partial charge in [-0.15, -0.1) is 0 Å². The lowest BCUT2D eigenvalue weighted by Crippen LogP contribution is -2.36. The predicted octanol–water partition coefficient (Wildman–Crippen LogP) is 2.25. The number of ether oxygens (including phenoxy) is 4. The van der Waals surface area contributed by atoms with E-state index in [0.717, 1.165) is 4.31 Å². The zero-order valence-corrected chi connectivity index (χ0v) is 17.9. The van der Waals surface area contributed by atoms with E-state index in [4.69, 9.17) is 14.2 Å². The summed E-state index contributed by atoms with van der Waals surface area (Å²) in [5, 5.41) is 0. The van der Waals surface area contributed by atoms with E-state index in [1.165, 1.54) is 63.8 Å². The first-order chi connectivity index (χ1) is 14.3. The van der Waals surface area contributed by atoms with Crippen LogP contribution in [0.5, 0.6) is 11.5 Å². The van der Waals surface area contributed by atoms with Gasteiger partial charge in [-0.05, 0) is 43.3 Å². The van der Waals surface area contributed by atoms with Crippen molar-refractivity contribution in [3.63, 3.8) is 0 Å². The van der Waals surface area contributed by atoms with Gasteiger partial charge in [0.05, 0.1) is 44.1 Å². The SMILES string of the molecule is CCOC(=O)CN(c1ccc(C(=O)OC)cc1)S(=O)(=O)c1ccc(OC)c(OC)c1. The summed E-state index contributed by atoms with van der Waals surface area (Å²) < 4.78 is 47.5. The summed E-state index contributed by atoms with van der Waals surface area (Å²) in [6, 6.07) is 9.72. The van der Waals surface area contributed by atoms with Crippen LogP contribution in [0.3, 0.4) is 0 Å². The summed E-state index contributed by atoms with van der Waals surface area (Å²) in [5.74, 6) is -0.716. The van der Waals surface area contributed by atoms with Crippen molar-refractivity contribution >= 4 is 27.6 Å². The van der Waals surface area contributed by atoms with Gasteiger partial charge in [-0.1, -0.05) is 0 Å². The molecule has 162 valence electrons. The number of sulfonamides is 1. The Morgan fingerprint density at radius 3 is 2.10 bits per heavy atom. The van der Waals surface area contributed by atoms with Crippen LogP contribution in [-0.4, -0.2) is 54.8 Å². The van der Waals surface area contributed by atoms with Crippen LogP contribution in [0.4, 0.5) is 5.69 Å². The van der Waals surface area contributed by atoms with Crippen LogP contribution in [0.1, 0.15) is 17.3 Å². The largest absolute Gasteiger partial charge is 0.493 e. The first kappa shape index (κ1) is 23.0. The molecule has 0 aliphatic carbocycles. The van der Waals surface area contributed by atoms with Gasteiger partial charge in [0.15, 0.2) is 11.5 Å². The number of esters is 2. The number of nitrogens with zero attached hydrogens (tertiary/aromatic N) is 1. The smallest absolute Gasteiger partial charge is 0.337 e. The fourth-order valence-electron chi connectivity index (χ4n) is 2.62. The van der Waals surface area contributed by atoms with Gasteiger partial charge in [-0.2, -0.15) is 0 Å². The van der Waals surface area contributed by atoms with Gasteiger partial charge in [0.25, 0.3) is 10.0 Å². The van der Waals surface area contributed by atoms with Crippen molar-refractivity contribution in [3.05, 3.63) is 48.0 Å². The second-order valence-corrected chi connectivity index (χ2v) is 7.73. The lowest BCUT2D eigenvalue weighted by atomic mass is 10.2. The summed E-state index contributed by atoms with van der Waals surface area (Å²) in [5.41, 5.74) is 0.409. The summed E-state index contributed by atoms with van der Waals surface area (Å²) in [4.78, 5) is 23.6. The molecule has 2 aromatic rings. The first-order valence-electron chi connectivity index (χ1n) is 8.87. The van der Waals surface area contributed by atoms with Crippen molar-refractivity contribution in [2.75, 3.05) is 38.8 Å². The van der Waals surface area contributed by atoms with Crippen LogP contribution in [0.2, 0.25) is 0 Å². The Bertz CT molecular complexity index is 1000. The quantitative estimate of drug-likeness (QED) is 0.550. The maximum absolute atomic E-state index is 13.3. The molecular formula is C20H23NO8S. The minimum Gasteiger partial charge on any atom is -0.493 e. The highest BCUT2D eigenvalue weighted by molar-refractivity contribution is 7.92. The highest BCUT2D eigenvalue weighted by Gasteiger charge is 2.29. The minimum atomic E-state index is -4.18. The van der Waals surface area contributed by atoms with E-state index in [2.05, 4.69) is 4.74 Å². The Morgan fingerprint density at radius 2 is 1.57 bits per heavy atom. The predicted molar refractivity (Wildman–Crippen MR) is 108 cm³/mol. The van der Waals surface area contributed by atoms with E-state index in [0.29, 0.717) is 5.75 Å². The lowest BCUT2D eigenvalue weighted by Gasteiger charge is -2.24. The van der Waals surface area contributed by atoms with Gasteiger partial charge in [-0.25, -0.2) is 13.2 Å². The molecule has 0 radical (unpaired) electrons. The Balaban J connectivity index is 2.53. The molecule has 0 aliphatic rings. The van der Waals surface area contributed by atoms with Crippen molar-refractivity contribution in [1.29, 1.82) is 0 Å². The Hall–Kier alpha value is -3.27. The van der Waals surface area contributed by atoms with E-state index in [9.17, 15) is 18.0 Å². The van der Waals surface area contributed by atoms with Gasteiger partial charge >= 0.3 is 11.9 Å². The minimum absolute atomic E-state index is 0.102. The monoisotopic (exact) mass is 437 g/mol. The number of rotatable bonds is 9. The molecular weight excluding hydrogens is 414 g/mol. The van der Waals surface area contributed by atoms with Crippen molar-refractivity contribution < 1.29 is 37.0 Å². The first-order valence-corrected chi connectivity index (χ1v) is 10.3.